The number of likely N-dealkylation sites (N-methyl/N-ethyl adjacent to an activating group) is 1. The first-order valence-electron chi connectivity index (χ1n) is 8.21. The molecule has 1 N–H and O–H groups in total. The lowest BCUT2D eigenvalue weighted by Gasteiger charge is -2.43. The first-order chi connectivity index (χ1) is 10.2. The van der Waals surface area contributed by atoms with Gasteiger partial charge >= 0.3 is 0 Å². The minimum atomic E-state index is -0.0894. The van der Waals surface area contributed by atoms with Crippen LogP contribution in [0.25, 0.3) is 0 Å². The number of hydrogen-bond donors (Lipinski definition) is 1. The summed E-state index contributed by atoms with van der Waals surface area (Å²) in [6.45, 7) is 9.71. The normalized spacial score (nSPS) is 19.4. The molecule has 1 aliphatic heterocycles. The minimum absolute atomic E-state index is 0.0894. The molecule has 3 heteroatoms. The Morgan fingerprint density at radius 1 is 1.19 bits per heavy atom. The average molecular weight is 291 g/mol. The van der Waals surface area contributed by atoms with Crippen molar-refractivity contribution in [3.05, 3.63) is 35.4 Å². The van der Waals surface area contributed by atoms with Crippen LogP contribution in [0.5, 0.6) is 0 Å². The third-order valence-corrected chi connectivity index (χ3v) is 4.42. The summed E-state index contributed by atoms with van der Waals surface area (Å²) in [5.74, 6) is 0. The van der Waals surface area contributed by atoms with Gasteiger partial charge in [-0.15, -0.1) is 0 Å². The van der Waals surface area contributed by atoms with Crippen LogP contribution >= 0.6 is 0 Å². The highest BCUT2D eigenvalue weighted by atomic mass is 16.5. The van der Waals surface area contributed by atoms with Crippen LogP contribution in [0.3, 0.4) is 0 Å². The van der Waals surface area contributed by atoms with Crippen molar-refractivity contribution in [1.29, 1.82) is 0 Å². The molecule has 21 heavy (non-hydrogen) atoms. The van der Waals surface area contributed by atoms with Crippen molar-refractivity contribution >= 4 is 0 Å². The second kappa shape index (κ2) is 7.92. The van der Waals surface area contributed by atoms with Crippen LogP contribution in [-0.4, -0.2) is 38.0 Å². The Morgan fingerprint density at radius 3 is 2.43 bits per heavy atom. The molecule has 3 nitrogen and oxygen atoms in total. The predicted octanol–water partition coefficient (Wildman–Crippen LogP) is 3.10. The van der Waals surface area contributed by atoms with Crippen LogP contribution in [0, 0.1) is 6.92 Å². The van der Waals surface area contributed by atoms with E-state index in [0.29, 0.717) is 6.04 Å². The molecule has 1 aromatic rings. The number of nitrogens with one attached hydrogen (secondary N) is 1. The summed E-state index contributed by atoms with van der Waals surface area (Å²) < 4.78 is 11.8. The number of benzene rings is 1. The summed E-state index contributed by atoms with van der Waals surface area (Å²) in [5, 5.41) is 3.66. The van der Waals surface area contributed by atoms with E-state index in [1.54, 1.807) is 0 Å². The minimum Gasteiger partial charge on any atom is -0.381 e. The lowest BCUT2D eigenvalue weighted by atomic mass is 9.82. The summed E-state index contributed by atoms with van der Waals surface area (Å²) in [5.41, 5.74) is 2.59. The number of ether oxygens (including phenoxy) is 2. The van der Waals surface area contributed by atoms with Gasteiger partial charge in [0.2, 0.25) is 0 Å². The van der Waals surface area contributed by atoms with Gasteiger partial charge in [0.15, 0.2) is 0 Å². The fourth-order valence-electron chi connectivity index (χ4n) is 3.25. The van der Waals surface area contributed by atoms with Crippen LogP contribution in [0.2, 0.25) is 0 Å². The Hall–Kier alpha value is -0.900. The van der Waals surface area contributed by atoms with Crippen molar-refractivity contribution in [2.45, 2.75) is 51.7 Å². The molecule has 0 spiro atoms. The van der Waals surface area contributed by atoms with E-state index in [2.05, 4.69) is 50.4 Å². The number of aryl methyl sites for hydroxylation is 1. The fourth-order valence-corrected chi connectivity index (χ4v) is 3.25. The Balaban J connectivity index is 2.16. The molecule has 0 saturated carbocycles. The van der Waals surface area contributed by atoms with Crippen LogP contribution in [0.4, 0.5) is 0 Å². The predicted molar refractivity (Wildman–Crippen MR) is 86.8 cm³/mol. The molecule has 1 unspecified atom stereocenters. The second-order valence-electron chi connectivity index (χ2n) is 5.91. The smallest absolute Gasteiger partial charge is 0.0881 e. The van der Waals surface area contributed by atoms with Gasteiger partial charge in [0, 0.05) is 38.7 Å². The zero-order valence-electron chi connectivity index (χ0n) is 13.7. The topological polar surface area (TPSA) is 30.5 Å². The van der Waals surface area contributed by atoms with E-state index < -0.39 is 0 Å². The van der Waals surface area contributed by atoms with E-state index in [4.69, 9.17) is 9.47 Å². The van der Waals surface area contributed by atoms with Crippen molar-refractivity contribution in [2.24, 2.45) is 0 Å². The van der Waals surface area contributed by atoms with Gasteiger partial charge in [0.25, 0.3) is 0 Å². The molecular weight excluding hydrogens is 262 g/mol. The molecule has 1 aromatic carbocycles. The third kappa shape index (κ3) is 4.29. The maximum atomic E-state index is 6.24. The molecule has 0 radical (unpaired) electrons. The Morgan fingerprint density at radius 2 is 1.86 bits per heavy atom. The van der Waals surface area contributed by atoms with Crippen molar-refractivity contribution in [2.75, 3.05) is 26.4 Å². The van der Waals surface area contributed by atoms with Crippen molar-refractivity contribution in [3.8, 4) is 0 Å². The zero-order chi connectivity index (χ0) is 15.1. The molecule has 0 aliphatic carbocycles. The molecule has 1 heterocycles. The zero-order valence-corrected chi connectivity index (χ0v) is 13.7. The third-order valence-electron chi connectivity index (χ3n) is 4.42. The molecule has 2 rings (SSSR count). The van der Waals surface area contributed by atoms with Gasteiger partial charge in [0.05, 0.1) is 5.60 Å². The van der Waals surface area contributed by atoms with Crippen molar-refractivity contribution in [3.63, 3.8) is 0 Å². The van der Waals surface area contributed by atoms with E-state index in [1.807, 2.05) is 0 Å². The van der Waals surface area contributed by atoms with E-state index in [0.717, 1.165) is 45.6 Å². The van der Waals surface area contributed by atoms with Gasteiger partial charge in [-0.2, -0.15) is 0 Å². The molecule has 118 valence electrons. The summed E-state index contributed by atoms with van der Waals surface area (Å²) in [4.78, 5) is 0. The van der Waals surface area contributed by atoms with Gasteiger partial charge in [0.1, 0.15) is 0 Å². The summed E-state index contributed by atoms with van der Waals surface area (Å²) in [6.07, 6.45) is 2.96. The Bertz CT molecular complexity index is 404. The average Bonchev–Trinajstić information content (AvgIpc) is 2.50. The van der Waals surface area contributed by atoms with Gasteiger partial charge in [-0.05, 0) is 32.4 Å². The van der Waals surface area contributed by atoms with E-state index in [9.17, 15) is 0 Å². The number of hydrogen-bond acceptors (Lipinski definition) is 3. The molecule has 0 amide bonds. The molecule has 1 atom stereocenters. The molecular formula is C18H29NO2. The molecule has 1 aliphatic rings. The van der Waals surface area contributed by atoms with Crippen molar-refractivity contribution < 1.29 is 9.47 Å². The molecule has 1 fully saturated rings. The number of rotatable bonds is 7. The molecule has 0 aromatic heterocycles. The van der Waals surface area contributed by atoms with Crippen LogP contribution in [0.15, 0.2) is 24.3 Å². The van der Waals surface area contributed by atoms with E-state index in [1.165, 1.54) is 11.1 Å². The Labute approximate surface area is 129 Å². The van der Waals surface area contributed by atoms with Gasteiger partial charge in [-0.25, -0.2) is 0 Å². The maximum Gasteiger partial charge on any atom is 0.0881 e. The highest BCUT2D eigenvalue weighted by Gasteiger charge is 2.40. The molecule has 1 saturated heterocycles. The summed E-state index contributed by atoms with van der Waals surface area (Å²) >= 11 is 0. The van der Waals surface area contributed by atoms with E-state index >= 15 is 0 Å². The SMILES string of the molecule is CCNC(Cc1ccc(C)cc1)C1(OCC)CCOCC1. The monoisotopic (exact) mass is 291 g/mol. The molecule has 0 bridgehead atoms. The lowest BCUT2D eigenvalue weighted by molar-refractivity contribution is -0.126. The quantitative estimate of drug-likeness (QED) is 0.837. The lowest BCUT2D eigenvalue weighted by Crippen LogP contribution is -2.56. The van der Waals surface area contributed by atoms with Gasteiger partial charge in [-0.1, -0.05) is 36.8 Å². The highest BCUT2D eigenvalue weighted by molar-refractivity contribution is 5.23. The first-order valence-corrected chi connectivity index (χ1v) is 8.21. The van der Waals surface area contributed by atoms with Crippen LogP contribution < -0.4 is 5.32 Å². The maximum absolute atomic E-state index is 6.24. The summed E-state index contributed by atoms with van der Waals surface area (Å²) in [6, 6.07) is 9.19. The Kier molecular flexibility index (Phi) is 6.22. The largest absolute Gasteiger partial charge is 0.381 e. The summed E-state index contributed by atoms with van der Waals surface area (Å²) in [7, 11) is 0. The second-order valence-corrected chi connectivity index (χ2v) is 5.91. The fraction of sp³-hybridized carbons (Fsp3) is 0.667. The first kappa shape index (κ1) is 16.5. The highest BCUT2D eigenvalue weighted by Crippen LogP contribution is 2.31. The van der Waals surface area contributed by atoms with E-state index in [-0.39, 0.29) is 5.60 Å². The van der Waals surface area contributed by atoms with Crippen molar-refractivity contribution in [1.82, 2.24) is 5.32 Å². The van der Waals surface area contributed by atoms with Gasteiger partial charge < -0.3 is 14.8 Å². The van der Waals surface area contributed by atoms with Gasteiger partial charge in [-0.3, -0.25) is 0 Å². The standard InChI is InChI=1S/C18H29NO2/c1-4-19-17(14-16-8-6-15(3)7-9-16)18(21-5-2)10-12-20-13-11-18/h6-9,17,19H,4-5,10-14H2,1-3H3. The van der Waals surface area contributed by atoms with Crippen LogP contribution in [0.1, 0.15) is 37.8 Å². The van der Waals surface area contributed by atoms with Crippen LogP contribution in [-0.2, 0) is 15.9 Å².